The summed E-state index contributed by atoms with van der Waals surface area (Å²) in [5.41, 5.74) is 6.53. The number of carbonyl (C=O) groups excluding carboxylic acids is 1. The highest BCUT2D eigenvalue weighted by Gasteiger charge is 2.10. The van der Waals surface area contributed by atoms with Crippen LogP contribution in [-0.2, 0) is 0 Å². The van der Waals surface area contributed by atoms with E-state index in [1.165, 1.54) is 6.07 Å². The lowest BCUT2D eigenvalue weighted by Crippen LogP contribution is -2.14. The molecule has 0 aliphatic rings. The number of nitrogens with two attached hydrogens (primary N) is 1. The van der Waals surface area contributed by atoms with Crippen molar-refractivity contribution in [1.29, 1.82) is 5.26 Å². The van der Waals surface area contributed by atoms with Crippen LogP contribution in [0.5, 0.6) is 0 Å². The summed E-state index contributed by atoms with van der Waals surface area (Å²) >= 11 is 5.96. The Hall–Kier alpha value is -2.58. The molecule has 0 aliphatic carbocycles. The number of nitrogens with zero attached hydrogens (tertiary/aromatic N) is 2. The molecule has 3 N–H and O–H groups in total. The lowest BCUT2D eigenvalue weighted by molar-refractivity contribution is 0.102. The molecule has 94 valence electrons. The predicted octanol–water partition coefficient (Wildman–Crippen LogP) is 2.44. The summed E-state index contributed by atoms with van der Waals surface area (Å²) in [5, 5.41) is 11.6. The standard InChI is InChI=1S/C13H9ClN4O/c14-9-6-8(7-15)4-5-10(9)18-13(19)11-2-1-3-12(16)17-11/h1-6H,(H2,16,17)(H,18,19). The number of rotatable bonds is 2. The van der Waals surface area contributed by atoms with E-state index in [4.69, 9.17) is 22.6 Å². The monoisotopic (exact) mass is 272 g/mol. The quantitative estimate of drug-likeness (QED) is 0.878. The Bertz CT molecular complexity index is 679. The fourth-order valence-corrected chi connectivity index (χ4v) is 1.68. The van der Waals surface area contributed by atoms with Crippen molar-refractivity contribution in [2.24, 2.45) is 0 Å². The fourth-order valence-electron chi connectivity index (χ4n) is 1.45. The number of benzene rings is 1. The lowest BCUT2D eigenvalue weighted by Gasteiger charge is -2.07. The second-order valence-electron chi connectivity index (χ2n) is 3.71. The van der Waals surface area contributed by atoms with Crippen molar-refractivity contribution in [1.82, 2.24) is 4.98 Å². The van der Waals surface area contributed by atoms with E-state index < -0.39 is 5.91 Å². The molecule has 1 heterocycles. The number of nitrogens with one attached hydrogen (secondary N) is 1. The van der Waals surface area contributed by atoms with Gasteiger partial charge in [0.1, 0.15) is 11.5 Å². The molecule has 0 unspecified atom stereocenters. The number of nitriles is 1. The van der Waals surface area contributed by atoms with Crippen molar-refractivity contribution < 1.29 is 4.79 Å². The maximum atomic E-state index is 11.9. The molecule has 6 heteroatoms. The Labute approximate surface area is 114 Å². The highest BCUT2D eigenvalue weighted by molar-refractivity contribution is 6.34. The summed E-state index contributed by atoms with van der Waals surface area (Å²) in [5.74, 6) is -0.155. The van der Waals surface area contributed by atoms with Gasteiger partial charge in [0.05, 0.1) is 22.3 Å². The SMILES string of the molecule is N#Cc1ccc(NC(=O)c2cccc(N)n2)c(Cl)c1. The van der Waals surface area contributed by atoms with Gasteiger partial charge in [0.25, 0.3) is 5.91 Å². The molecular formula is C13H9ClN4O. The number of amides is 1. The minimum atomic E-state index is -0.418. The number of carbonyl (C=O) groups is 1. The van der Waals surface area contributed by atoms with Crippen LogP contribution >= 0.6 is 11.6 Å². The second-order valence-corrected chi connectivity index (χ2v) is 4.12. The van der Waals surface area contributed by atoms with Crippen LogP contribution in [0.2, 0.25) is 5.02 Å². The molecule has 1 amide bonds. The highest BCUT2D eigenvalue weighted by atomic mass is 35.5. The van der Waals surface area contributed by atoms with E-state index in [9.17, 15) is 4.79 Å². The molecule has 0 aliphatic heterocycles. The summed E-state index contributed by atoms with van der Waals surface area (Å²) < 4.78 is 0. The smallest absolute Gasteiger partial charge is 0.274 e. The van der Waals surface area contributed by atoms with Gasteiger partial charge >= 0.3 is 0 Å². The third-order valence-corrected chi connectivity index (χ3v) is 2.66. The molecule has 0 spiro atoms. The molecule has 2 aromatic rings. The topological polar surface area (TPSA) is 91.8 Å². The summed E-state index contributed by atoms with van der Waals surface area (Å²) in [6.45, 7) is 0. The Morgan fingerprint density at radius 2 is 2.16 bits per heavy atom. The maximum Gasteiger partial charge on any atom is 0.274 e. The molecule has 1 aromatic carbocycles. The molecule has 1 aromatic heterocycles. The van der Waals surface area contributed by atoms with Gasteiger partial charge in [-0.15, -0.1) is 0 Å². The van der Waals surface area contributed by atoms with Gasteiger partial charge in [0, 0.05) is 0 Å². The summed E-state index contributed by atoms with van der Waals surface area (Å²) in [6.07, 6.45) is 0. The van der Waals surface area contributed by atoms with Crippen molar-refractivity contribution >= 4 is 29.0 Å². The first kappa shape index (κ1) is 12.9. The summed E-state index contributed by atoms with van der Waals surface area (Å²) in [7, 11) is 0. The normalized spacial score (nSPS) is 9.68. The number of halogens is 1. The van der Waals surface area contributed by atoms with Crippen LogP contribution in [0, 0.1) is 11.3 Å². The molecule has 0 saturated heterocycles. The van der Waals surface area contributed by atoms with Gasteiger partial charge < -0.3 is 11.1 Å². The molecule has 19 heavy (non-hydrogen) atoms. The predicted molar refractivity (Wildman–Crippen MR) is 72.8 cm³/mol. The number of hydrogen-bond donors (Lipinski definition) is 2. The molecule has 0 bridgehead atoms. The third-order valence-electron chi connectivity index (χ3n) is 2.35. The van der Waals surface area contributed by atoms with Crippen LogP contribution in [0.15, 0.2) is 36.4 Å². The minimum absolute atomic E-state index is 0.195. The zero-order valence-electron chi connectivity index (χ0n) is 9.72. The van der Waals surface area contributed by atoms with E-state index in [1.807, 2.05) is 6.07 Å². The molecule has 0 fully saturated rings. The molecule has 0 radical (unpaired) electrons. The van der Waals surface area contributed by atoms with E-state index >= 15 is 0 Å². The van der Waals surface area contributed by atoms with Crippen molar-refractivity contribution in [2.75, 3.05) is 11.1 Å². The Morgan fingerprint density at radius 3 is 2.79 bits per heavy atom. The number of aromatic nitrogens is 1. The lowest BCUT2D eigenvalue weighted by atomic mass is 10.2. The molecular weight excluding hydrogens is 264 g/mol. The van der Waals surface area contributed by atoms with Crippen LogP contribution < -0.4 is 11.1 Å². The van der Waals surface area contributed by atoms with Gasteiger partial charge in [-0.05, 0) is 30.3 Å². The minimum Gasteiger partial charge on any atom is -0.384 e. The summed E-state index contributed by atoms with van der Waals surface area (Å²) in [6, 6.07) is 11.3. The van der Waals surface area contributed by atoms with Crippen LogP contribution in [0.4, 0.5) is 11.5 Å². The number of nitrogen functional groups attached to an aromatic ring is 1. The van der Waals surface area contributed by atoms with Gasteiger partial charge in [-0.1, -0.05) is 17.7 Å². The van der Waals surface area contributed by atoms with Crippen LogP contribution in [0.1, 0.15) is 16.1 Å². The van der Waals surface area contributed by atoms with Crippen LogP contribution in [-0.4, -0.2) is 10.9 Å². The zero-order chi connectivity index (χ0) is 13.8. The van der Waals surface area contributed by atoms with Gasteiger partial charge in [0.2, 0.25) is 0 Å². The van der Waals surface area contributed by atoms with E-state index in [2.05, 4.69) is 10.3 Å². The van der Waals surface area contributed by atoms with Crippen LogP contribution in [0.25, 0.3) is 0 Å². The van der Waals surface area contributed by atoms with Gasteiger partial charge in [-0.3, -0.25) is 4.79 Å². The van der Waals surface area contributed by atoms with Gasteiger partial charge in [-0.2, -0.15) is 5.26 Å². The molecule has 0 atom stereocenters. The molecule has 5 nitrogen and oxygen atoms in total. The highest BCUT2D eigenvalue weighted by Crippen LogP contribution is 2.23. The summed E-state index contributed by atoms with van der Waals surface area (Å²) in [4.78, 5) is 15.8. The van der Waals surface area contributed by atoms with Gasteiger partial charge in [0.15, 0.2) is 0 Å². The maximum absolute atomic E-state index is 11.9. The van der Waals surface area contributed by atoms with Crippen molar-refractivity contribution in [3.63, 3.8) is 0 Å². The van der Waals surface area contributed by atoms with E-state index in [0.717, 1.165) is 0 Å². The average molecular weight is 273 g/mol. The molecule has 2 rings (SSSR count). The van der Waals surface area contributed by atoms with E-state index in [-0.39, 0.29) is 16.5 Å². The van der Waals surface area contributed by atoms with Gasteiger partial charge in [-0.25, -0.2) is 4.98 Å². The zero-order valence-corrected chi connectivity index (χ0v) is 10.5. The Morgan fingerprint density at radius 1 is 1.37 bits per heavy atom. The Balaban J connectivity index is 2.22. The number of pyridine rings is 1. The van der Waals surface area contributed by atoms with Crippen molar-refractivity contribution in [3.05, 3.63) is 52.7 Å². The first-order valence-corrected chi connectivity index (χ1v) is 5.71. The largest absolute Gasteiger partial charge is 0.384 e. The van der Waals surface area contributed by atoms with E-state index in [1.54, 1.807) is 30.3 Å². The average Bonchev–Trinajstić information content (AvgIpc) is 2.41. The second kappa shape index (κ2) is 5.38. The fraction of sp³-hybridized carbons (Fsp3) is 0. The first-order chi connectivity index (χ1) is 9.10. The number of anilines is 2. The number of hydrogen-bond acceptors (Lipinski definition) is 4. The van der Waals surface area contributed by atoms with Crippen LogP contribution in [0.3, 0.4) is 0 Å². The first-order valence-electron chi connectivity index (χ1n) is 5.33. The van der Waals surface area contributed by atoms with Crippen molar-refractivity contribution in [2.45, 2.75) is 0 Å². The van der Waals surface area contributed by atoms with Crippen molar-refractivity contribution in [3.8, 4) is 6.07 Å². The van der Waals surface area contributed by atoms with E-state index in [0.29, 0.717) is 11.3 Å². The molecule has 0 saturated carbocycles. The Kier molecular flexibility index (Phi) is 3.64. The third kappa shape index (κ3) is 3.00.